The van der Waals surface area contributed by atoms with Gasteiger partial charge in [-0.25, -0.2) is 4.79 Å². The molecule has 0 heterocycles. The molecule has 4 nitrogen and oxygen atoms in total. The Kier molecular flexibility index (Phi) is 6.87. The second kappa shape index (κ2) is 8.17. The van der Waals surface area contributed by atoms with E-state index in [9.17, 15) is 4.79 Å². The van der Waals surface area contributed by atoms with Crippen LogP contribution in [0.5, 0.6) is 5.75 Å². The number of carbonyl (C=O) groups excluding carboxylic acids is 1. The Labute approximate surface area is 121 Å². The summed E-state index contributed by atoms with van der Waals surface area (Å²) in [7, 11) is 0. The van der Waals surface area contributed by atoms with E-state index >= 15 is 0 Å². The molecule has 19 heavy (non-hydrogen) atoms. The molecule has 0 spiro atoms. The molecule has 1 aromatic carbocycles. The number of halogens is 1. The summed E-state index contributed by atoms with van der Waals surface area (Å²) in [5.41, 5.74) is 0.780. The first kappa shape index (κ1) is 16.0. The number of aliphatic hydroxyl groups excluding tert-OH is 1. The molecule has 1 atom stereocenters. The largest absolute Gasteiger partial charge is 0.478 e. The first-order valence-corrected chi connectivity index (χ1v) is 7.14. The topological polar surface area (TPSA) is 55.8 Å². The summed E-state index contributed by atoms with van der Waals surface area (Å²) in [4.78, 5) is 11.8. The Morgan fingerprint density at radius 3 is 2.68 bits per heavy atom. The maximum absolute atomic E-state index is 11.8. The van der Waals surface area contributed by atoms with Gasteiger partial charge in [-0.1, -0.05) is 19.4 Å². The molecular weight excluding hydrogens is 312 g/mol. The lowest BCUT2D eigenvalue weighted by atomic mass is 10.2. The summed E-state index contributed by atoms with van der Waals surface area (Å²) >= 11 is 3.37. The maximum Gasteiger partial charge on any atom is 0.347 e. The second-order valence-corrected chi connectivity index (χ2v) is 4.92. The van der Waals surface area contributed by atoms with Gasteiger partial charge < -0.3 is 14.6 Å². The number of hydrogen-bond acceptors (Lipinski definition) is 4. The summed E-state index contributed by atoms with van der Waals surface area (Å²) in [6, 6.07) is 5.26. The van der Waals surface area contributed by atoms with Crippen molar-refractivity contribution in [2.45, 2.75) is 39.4 Å². The van der Waals surface area contributed by atoms with Gasteiger partial charge in [-0.2, -0.15) is 0 Å². The highest BCUT2D eigenvalue weighted by Gasteiger charge is 2.21. The Morgan fingerprint density at radius 1 is 1.42 bits per heavy atom. The third-order valence-corrected chi connectivity index (χ3v) is 3.17. The van der Waals surface area contributed by atoms with E-state index in [0.717, 1.165) is 12.0 Å². The lowest BCUT2D eigenvalue weighted by molar-refractivity contribution is -0.151. The van der Waals surface area contributed by atoms with Crippen molar-refractivity contribution in [1.29, 1.82) is 0 Å². The summed E-state index contributed by atoms with van der Waals surface area (Å²) in [5.74, 6) is 0.228. The highest BCUT2D eigenvalue weighted by molar-refractivity contribution is 9.10. The molecular formula is C14H19BrO4. The van der Waals surface area contributed by atoms with Crippen molar-refractivity contribution in [3.05, 3.63) is 28.2 Å². The van der Waals surface area contributed by atoms with Gasteiger partial charge in [0.1, 0.15) is 5.75 Å². The van der Waals surface area contributed by atoms with Crippen LogP contribution >= 0.6 is 15.9 Å². The van der Waals surface area contributed by atoms with E-state index < -0.39 is 6.10 Å². The van der Waals surface area contributed by atoms with Crippen LogP contribution in [0.15, 0.2) is 22.7 Å². The molecule has 0 saturated carbocycles. The van der Waals surface area contributed by atoms with E-state index in [0.29, 0.717) is 23.2 Å². The van der Waals surface area contributed by atoms with Gasteiger partial charge in [0.15, 0.2) is 6.10 Å². The molecule has 0 bridgehead atoms. The number of hydrogen-bond donors (Lipinski definition) is 1. The number of ether oxygens (including phenoxy) is 2. The molecule has 1 rings (SSSR count). The van der Waals surface area contributed by atoms with Crippen LogP contribution in [0.1, 0.15) is 32.3 Å². The number of benzene rings is 1. The summed E-state index contributed by atoms with van der Waals surface area (Å²) in [6.07, 6.45) is 0.837. The maximum atomic E-state index is 11.8. The van der Waals surface area contributed by atoms with Crippen LogP contribution in [-0.4, -0.2) is 23.8 Å². The molecule has 0 aromatic heterocycles. The van der Waals surface area contributed by atoms with Crippen LogP contribution in [-0.2, 0) is 16.1 Å². The SMILES string of the molecule is CCCC(Oc1ccc(CO)cc1Br)C(=O)OCC. The normalized spacial score (nSPS) is 12.0. The molecule has 5 heteroatoms. The minimum Gasteiger partial charge on any atom is -0.478 e. The van der Waals surface area contributed by atoms with E-state index in [1.54, 1.807) is 25.1 Å². The second-order valence-electron chi connectivity index (χ2n) is 4.07. The van der Waals surface area contributed by atoms with Gasteiger partial charge in [-0.15, -0.1) is 0 Å². The van der Waals surface area contributed by atoms with Gasteiger partial charge in [0.2, 0.25) is 0 Å². The quantitative estimate of drug-likeness (QED) is 0.780. The van der Waals surface area contributed by atoms with Crippen LogP contribution in [0.4, 0.5) is 0 Å². The standard InChI is InChI=1S/C14H19BrO4/c1-3-5-13(14(17)18-4-2)19-12-7-6-10(9-16)8-11(12)15/h6-8,13,16H,3-5,9H2,1-2H3. The van der Waals surface area contributed by atoms with Crippen LogP contribution in [0.25, 0.3) is 0 Å². The highest BCUT2D eigenvalue weighted by atomic mass is 79.9. The molecule has 0 amide bonds. The highest BCUT2D eigenvalue weighted by Crippen LogP contribution is 2.27. The van der Waals surface area contributed by atoms with Gasteiger partial charge in [0, 0.05) is 0 Å². The molecule has 0 fully saturated rings. The zero-order chi connectivity index (χ0) is 14.3. The zero-order valence-electron chi connectivity index (χ0n) is 11.2. The lowest BCUT2D eigenvalue weighted by Crippen LogP contribution is -2.29. The van der Waals surface area contributed by atoms with Gasteiger partial charge >= 0.3 is 5.97 Å². The van der Waals surface area contributed by atoms with Crippen molar-refractivity contribution in [1.82, 2.24) is 0 Å². The van der Waals surface area contributed by atoms with E-state index in [1.165, 1.54) is 0 Å². The fraction of sp³-hybridized carbons (Fsp3) is 0.500. The van der Waals surface area contributed by atoms with E-state index in [1.807, 2.05) is 6.92 Å². The van der Waals surface area contributed by atoms with Crippen LogP contribution < -0.4 is 4.74 Å². The average molecular weight is 331 g/mol. The fourth-order valence-corrected chi connectivity index (χ4v) is 2.13. The third kappa shape index (κ3) is 4.84. The van der Waals surface area contributed by atoms with Crippen LogP contribution in [0.3, 0.4) is 0 Å². The average Bonchev–Trinajstić information content (AvgIpc) is 2.40. The first-order valence-electron chi connectivity index (χ1n) is 6.34. The van der Waals surface area contributed by atoms with Crippen LogP contribution in [0, 0.1) is 0 Å². The minimum atomic E-state index is -0.596. The van der Waals surface area contributed by atoms with Gasteiger partial charge in [0.05, 0.1) is 17.7 Å². The number of esters is 1. The molecule has 1 N–H and O–H groups in total. The summed E-state index contributed by atoms with van der Waals surface area (Å²) < 4.78 is 11.4. The van der Waals surface area contributed by atoms with E-state index in [-0.39, 0.29) is 12.6 Å². The molecule has 0 saturated heterocycles. The Bertz CT molecular complexity index is 420. The van der Waals surface area contributed by atoms with Gasteiger partial charge in [-0.05, 0) is 47.0 Å². The van der Waals surface area contributed by atoms with Crippen molar-refractivity contribution in [2.24, 2.45) is 0 Å². The summed E-state index contributed by atoms with van der Waals surface area (Å²) in [5, 5.41) is 9.04. The molecule has 0 aliphatic carbocycles. The van der Waals surface area contributed by atoms with Gasteiger partial charge in [0.25, 0.3) is 0 Å². The van der Waals surface area contributed by atoms with Crippen molar-refractivity contribution in [2.75, 3.05) is 6.61 Å². The molecule has 1 unspecified atom stereocenters. The Balaban J connectivity index is 2.81. The van der Waals surface area contributed by atoms with Crippen molar-refractivity contribution in [3.63, 3.8) is 0 Å². The monoisotopic (exact) mass is 330 g/mol. The van der Waals surface area contributed by atoms with Crippen molar-refractivity contribution in [3.8, 4) is 5.75 Å². The third-order valence-electron chi connectivity index (χ3n) is 2.55. The predicted molar refractivity (Wildman–Crippen MR) is 76.0 cm³/mol. The molecule has 0 aliphatic heterocycles. The minimum absolute atomic E-state index is 0.0326. The number of aliphatic hydroxyl groups is 1. The molecule has 0 radical (unpaired) electrons. The van der Waals surface area contributed by atoms with E-state index in [4.69, 9.17) is 14.6 Å². The van der Waals surface area contributed by atoms with E-state index in [2.05, 4.69) is 15.9 Å². The van der Waals surface area contributed by atoms with Gasteiger partial charge in [-0.3, -0.25) is 0 Å². The van der Waals surface area contributed by atoms with Crippen LogP contribution in [0.2, 0.25) is 0 Å². The smallest absolute Gasteiger partial charge is 0.347 e. The number of carbonyl (C=O) groups is 1. The van der Waals surface area contributed by atoms with Crippen molar-refractivity contribution >= 4 is 21.9 Å². The lowest BCUT2D eigenvalue weighted by Gasteiger charge is -2.18. The molecule has 106 valence electrons. The predicted octanol–water partition coefficient (Wildman–Crippen LogP) is 3.05. The number of rotatable bonds is 7. The Morgan fingerprint density at radius 2 is 2.16 bits per heavy atom. The molecule has 0 aliphatic rings. The molecule has 1 aromatic rings. The Hall–Kier alpha value is -1.07. The fourth-order valence-electron chi connectivity index (χ4n) is 1.61. The van der Waals surface area contributed by atoms with Crippen molar-refractivity contribution < 1.29 is 19.4 Å². The summed E-state index contributed by atoms with van der Waals surface area (Å²) in [6.45, 7) is 4.06. The zero-order valence-corrected chi connectivity index (χ0v) is 12.8. The first-order chi connectivity index (χ1) is 9.12.